The van der Waals surface area contributed by atoms with Gasteiger partial charge in [-0.05, 0) is 53.9 Å². The number of likely N-dealkylation sites (tertiary alicyclic amines) is 1. The lowest BCUT2D eigenvalue weighted by atomic mass is 9.97. The number of carboxylic acids is 1. The predicted octanol–water partition coefficient (Wildman–Crippen LogP) is 4.55. The monoisotopic (exact) mass is 476 g/mol. The summed E-state index contributed by atoms with van der Waals surface area (Å²) in [5.74, 6) is -0.720. The van der Waals surface area contributed by atoms with E-state index in [1.165, 1.54) is 0 Å². The van der Waals surface area contributed by atoms with Gasteiger partial charge in [0.15, 0.2) is 0 Å². The third-order valence-corrected chi connectivity index (χ3v) is 7.52. The van der Waals surface area contributed by atoms with E-state index in [1.54, 1.807) is 4.90 Å². The first-order valence-electron chi connectivity index (χ1n) is 12.6. The van der Waals surface area contributed by atoms with E-state index in [0.717, 1.165) is 47.9 Å². The van der Waals surface area contributed by atoms with Gasteiger partial charge in [0.2, 0.25) is 5.91 Å². The third-order valence-electron chi connectivity index (χ3n) is 7.52. The van der Waals surface area contributed by atoms with Crippen LogP contribution in [-0.2, 0) is 14.3 Å². The Labute approximate surface area is 205 Å². The molecular weight excluding hydrogens is 444 g/mol. The number of carboxylic acid groups (broad SMARTS) is 1. The zero-order chi connectivity index (χ0) is 24.4. The molecule has 0 bridgehead atoms. The Kier molecular flexibility index (Phi) is 6.75. The Bertz CT molecular complexity index is 1070. The minimum atomic E-state index is -0.905. The van der Waals surface area contributed by atoms with Gasteiger partial charge in [-0.15, -0.1) is 0 Å². The number of piperidine rings is 1. The van der Waals surface area contributed by atoms with E-state index in [2.05, 4.69) is 29.6 Å². The molecule has 184 valence electrons. The van der Waals surface area contributed by atoms with E-state index >= 15 is 0 Å². The summed E-state index contributed by atoms with van der Waals surface area (Å²) < 4.78 is 5.69. The number of amides is 2. The molecule has 1 heterocycles. The van der Waals surface area contributed by atoms with Crippen LogP contribution < -0.4 is 5.32 Å². The van der Waals surface area contributed by atoms with Crippen molar-refractivity contribution < 1.29 is 24.2 Å². The Balaban J connectivity index is 1.26. The fourth-order valence-electron chi connectivity index (χ4n) is 5.60. The average molecular weight is 477 g/mol. The van der Waals surface area contributed by atoms with Gasteiger partial charge in [0.25, 0.3) is 0 Å². The van der Waals surface area contributed by atoms with Crippen LogP contribution in [0, 0.1) is 5.92 Å². The van der Waals surface area contributed by atoms with E-state index in [1.807, 2.05) is 24.3 Å². The normalized spacial score (nSPS) is 20.0. The van der Waals surface area contributed by atoms with Crippen LogP contribution in [0.1, 0.15) is 62.0 Å². The summed E-state index contributed by atoms with van der Waals surface area (Å²) in [5.41, 5.74) is 4.59. The van der Waals surface area contributed by atoms with Gasteiger partial charge in [0.05, 0.1) is 6.42 Å². The topological polar surface area (TPSA) is 95.9 Å². The number of carbonyl (C=O) groups excluding carboxylic acids is 2. The number of hydrogen-bond donors (Lipinski definition) is 2. The number of ether oxygens (including phenoxy) is 1. The fraction of sp³-hybridized carbons (Fsp3) is 0.464. The Hall–Kier alpha value is -3.35. The lowest BCUT2D eigenvalue weighted by Crippen LogP contribution is -2.54. The van der Waals surface area contributed by atoms with Gasteiger partial charge in [-0.2, -0.15) is 0 Å². The van der Waals surface area contributed by atoms with Gasteiger partial charge in [-0.1, -0.05) is 61.4 Å². The molecule has 7 heteroatoms. The second-order valence-electron chi connectivity index (χ2n) is 9.98. The first kappa shape index (κ1) is 23.4. The van der Waals surface area contributed by atoms with Crippen molar-refractivity contribution in [3.8, 4) is 11.1 Å². The largest absolute Gasteiger partial charge is 0.481 e. The molecule has 1 saturated heterocycles. The van der Waals surface area contributed by atoms with Crippen molar-refractivity contribution in [2.24, 2.45) is 5.92 Å². The molecule has 1 saturated carbocycles. The van der Waals surface area contributed by atoms with Gasteiger partial charge in [0, 0.05) is 18.5 Å². The first-order valence-corrected chi connectivity index (χ1v) is 12.6. The minimum Gasteiger partial charge on any atom is -0.481 e. The molecule has 2 amide bonds. The highest BCUT2D eigenvalue weighted by Crippen LogP contribution is 2.44. The summed E-state index contributed by atoms with van der Waals surface area (Å²) in [5, 5.41) is 12.1. The summed E-state index contributed by atoms with van der Waals surface area (Å²) in [6, 6.07) is 15.3. The van der Waals surface area contributed by atoms with Crippen LogP contribution in [-0.4, -0.2) is 53.2 Å². The average Bonchev–Trinajstić information content (AvgIpc) is 3.62. The lowest BCUT2D eigenvalue weighted by Gasteiger charge is -2.37. The van der Waals surface area contributed by atoms with Crippen molar-refractivity contribution in [2.45, 2.75) is 62.9 Å². The van der Waals surface area contributed by atoms with Crippen molar-refractivity contribution in [1.82, 2.24) is 10.2 Å². The maximum atomic E-state index is 13.4. The second-order valence-corrected chi connectivity index (χ2v) is 9.98. The highest BCUT2D eigenvalue weighted by Gasteiger charge is 2.37. The number of benzene rings is 2. The summed E-state index contributed by atoms with van der Waals surface area (Å²) >= 11 is 0. The maximum absolute atomic E-state index is 13.4. The number of rotatable bonds is 8. The van der Waals surface area contributed by atoms with Gasteiger partial charge >= 0.3 is 12.1 Å². The van der Waals surface area contributed by atoms with Gasteiger partial charge in [-0.3, -0.25) is 9.59 Å². The number of nitrogens with zero attached hydrogens (tertiary/aromatic N) is 1. The Morgan fingerprint density at radius 3 is 2.26 bits per heavy atom. The molecule has 2 unspecified atom stereocenters. The molecule has 3 aliphatic rings. The fourth-order valence-corrected chi connectivity index (χ4v) is 5.60. The molecule has 0 aromatic heterocycles. The molecule has 1 aliphatic heterocycles. The smallest absolute Gasteiger partial charge is 0.407 e. The van der Waals surface area contributed by atoms with Crippen LogP contribution in [0.25, 0.3) is 11.1 Å². The van der Waals surface area contributed by atoms with Gasteiger partial charge in [0.1, 0.15) is 12.6 Å². The predicted molar refractivity (Wildman–Crippen MR) is 131 cm³/mol. The molecule has 2 N–H and O–H groups in total. The van der Waals surface area contributed by atoms with Crippen molar-refractivity contribution in [2.75, 3.05) is 13.2 Å². The van der Waals surface area contributed by atoms with Crippen molar-refractivity contribution in [3.63, 3.8) is 0 Å². The van der Waals surface area contributed by atoms with E-state index in [9.17, 15) is 19.5 Å². The summed E-state index contributed by atoms with van der Waals surface area (Å²) in [6.45, 7) is 0.722. The van der Waals surface area contributed by atoms with E-state index < -0.39 is 18.1 Å². The number of aliphatic carboxylic acids is 1. The first-order chi connectivity index (χ1) is 17.0. The zero-order valence-corrected chi connectivity index (χ0v) is 19.8. The number of hydrogen-bond acceptors (Lipinski definition) is 4. The van der Waals surface area contributed by atoms with Crippen LogP contribution in [0.2, 0.25) is 0 Å². The van der Waals surface area contributed by atoms with Gasteiger partial charge in [-0.25, -0.2) is 4.79 Å². The van der Waals surface area contributed by atoms with Crippen LogP contribution in [0.5, 0.6) is 0 Å². The number of carbonyl (C=O) groups is 3. The quantitative estimate of drug-likeness (QED) is 0.583. The number of fused-ring (bicyclic) bond motifs is 3. The maximum Gasteiger partial charge on any atom is 0.407 e. The standard InChI is InChI=1S/C28H32N2O5/c31-26(32)16-19-7-5-6-14-30(19)27(33)25(15-18-12-13-18)29-28(34)35-17-24-22-10-3-1-8-20(22)21-9-2-4-11-23(21)24/h1-4,8-11,18-19,24-25H,5-7,12-17H2,(H,29,34)(H,31,32). The SMILES string of the molecule is O=C(O)CC1CCCCN1C(=O)C(CC1CC1)NC(=O)OCC1c2ccccc2-c2ccccc21. The highest BCUT2D eigenvalue weighted by atomic mass is 16.5. The summed E-state index contributed by atoms with van der Waals surface area (Å²) in [6.07, 6.45) is 4.45. The van der Waals surface area contributed by atoms with E-state index in [0.29, 0.717) is 25.3 Å². The number of nitrogens with one attached hydrogen (secondary N) is 1. The van der Waals surface area contributed by atoms with Crippen LogP contribution in [0.4, 0.5) is 4.79 Å². The van der Waals surface area contributed by atoms with E-state index in [-0.39, 0.29) is 30.9 Å². The lowest BCUT2D eigenvalue weighted by molar-refractivity contribution is -0.143. The molecule has 2 aliphatic carbocycles. The van der Waals surface area contributed by atoms with E-state index in [4.69, 9.17) is 4.74 Å². The molecule has 5 rings (SSSR count). The van der Waals surface area contributed by atoms with Crippen LogP contribution in [0.3, 0.4) is 0 Å². The zero-order valence-electron chi connectivity index (χ0n) is 19.8. The molecule has 7 nitrogen and oxygen atoms in total. The molecule has 0 spiro atoms. The third kappa shape index (κ3) is 5.19. The summed E-state index contributed by atoms with van der Waals surface area (Å²) in [7, 11) is 0. The van der Waals surface area contributed by atoms with Crippen LogP contribution >= 0.6 is 0 Å². The molecule has 2 fully saturated rings. The Morgan fingerprint density at radius 2 is 1.63 bits per heavy atom. The molecule has 2 aromatic rings. The van der Waals surface area contributed by atoms with Crippen LogP contribution in [0.15, 0.2) is 48.5 Å². The molecule has 2 atom stereocenters. The molecule has 0 radical (unpaired) electrons. The van der Waals surface area contributed by atoms with Crippen molar-refractivity contribution in [3.05, 3.63) is 59.7 Å². The molecule has 2 aromatic carbocycles. The number of alkyl carbamates (subject to hydrolysis) is 1. The minimum absolute atomic E-state index is 0.0484. The summed E-state index contributed by atoms with van der Waals surface area (Å²) in [4.78, 5) is 39.3. The highest BCUT2D eigenvalue weighted by molar-refractivity contribution is 5.86. The van der Waals surface area contributed by atoms with Gasteiger partial charge < -0.3 is 20.1 Å². The molecule has 35 heavy (non-hydrogen) atoms. The Morgan fingerprint density at radius 1 is 0.971 bits per heavy atom. The van der Waals surface area contributed by atoms with Crippen molar-refractivity contribution >= 4 is 18.0 Å². The second kappa shape index (κ2) is 10.1. The molecular formula is C28H32N2O5. The van der Waals surface area contributed by atoms with Crippen molar-refractivity contribution in [1.29, 1.82) is 0 Å².